The highest BCUT2D eigenvalue weighted by Gasteiger charge is 2.20. The minimum absolute atomic E-state index is 0.0901. The SMILES string of the molecule is CNS(=O)(=O)N(C)c1cc(CCNCCCCCCNCCc2ccc(O)c(N(C)S(=O)(=O)NC)c2)ccc1O. The first-order valence-electron chi connectivity index (χ1n) is 13.3. The van der Waals surface area contributed by atoms with Crippen LogP contribution in [0.2, 0.25) is 0 Å². The van der Waals surface area contributed by atoms with Gasteiger partial charge in [0.15, 0.2) is 0 Å². The predicted molar refractivity (Wildman–Crippen MR) is 161 cm³/mol. The lowest BCUT2D eigenvalue weighted by Crippen LogP contribution is -2.36. The van der Waals surface area contributed by atoms with E-state index in [2.05, 4.69) is 20.1 Å². The van der Waals surface area contributed by atoms with Crippen molar-refractivity contribution in [1.29, 1.82) is 0 Å². The van der Waals surface area contributed by atoms with Crippen molar-refractivity contribution in [2.75, 3.05) is 63.0 Å². The Labute approximate surface area is 239 Å². The normalized spacial score (nSPS) is 12.0. The summed E-state index contributed by atoms with van der Waals surface area (Å²) in [5, 5.41) is 26.9. The number of nitrogens with zero attached hydrogens (tertiary/aromatic N) is 2. The molecule has 0 aliphatic rings. The van der Waals surface area contributed by atoms with Gasteiger partial charge >= 0.3 is 20.4 Å². The van der Waals surface area contributed by atoms with Crippen molar-refractivity contribution >= 4 is 31.8 Å². The summed E-state index contributed by atoms with van der Waals surface area (Å²) in [6, 6.07) is 9.98. The molecule has 0 unspecified atom stereocenters. The van der Waals surface area contributed by atoms with E-state index in [0.29, 0.717) is 0 Å². The topological polar surface area (TPSA) is 163 Å². The number of unbranched alkanes of at least 4 members (excludes halogenated alkanes) is 3. The van der Waals surface area contributed by atoms with Crippen LogP contribution in [-0.2, 0) is 33.3 Å². The van der Waals surface area contributed by atoms with E-state index in [0.717, 1.165) is 84.4 Å². The van der Waals surface area contributed by atoms with Crippen LogP contribution < -0.4 is 28.7 Å². The van der Waals surface area contributed by atoms with Gasteiger partial charge in [0.2, 0.25) is 0 Å². The van der Waals surface area contributed by atoms with Gasteiger partial charge in [-0.15, -0.1) is 0 Å². The summed E-state index contributed by atoms with van der Waals surface area (Å²) >= 11 is 0. The van der Waals surface area contributed by atoms with E-state index in [1.165, 1.54) is 40.3 Å². The van der Waals surface area contributed by atoms with Gasteiger partial charge < -0.3 is 20.8 Å². The molecule has 0 aliphatic carbocycles. The number of anilines is 2. The van der Waals surface area contributed by atoms with Crippen LogP contribution in [0.3, 0.4) is 0 Å². The van der Waals surface area contributed by atoms with Crippen LogP contribution in [0.25, 0.3) is 0 Å². The molecule has 0 saturated carbocycles. The molecule has 0 aliphatic heterocycles. The third-order valence-electron chi connectivity index (χ3n) is 6.63. The molecular weight excluding hydrogens is 556 g/mol. The minimum atomic E-state index is -3.69. The first kappa shape index (κ1) is 33.6. The first-order valence-corrected chi connectivity index (χ1v) is 16.2. The third-order valence-corrected chi connectivity index (χ3v) is 9.50. The van der Waals surface area contributed by atoms with Gasteiger partial charge in [0.25, 0.3) is 0 Å². The summed E-state index contributed by atoms with van der Waals surface area (Å²) in [5.74, 6) is -0.180. The second-order valence-electron chi connectivity index (χ2n) is 9.41. The van der Waals surface area contributed by atoms with Gasteiger partial charge in [0, 0.05) is 28.2 Å². The van der Waals surface area contributed by atoms with Crippen molar-refractivity contribution in [3.05, 3.63) is 47.5 Å². The lowest BCUT2D eigenvalue weighted by molar-refractivity contribution is 0.475. The third kappa shape index (κ3) is 10.1. The van der Waals surface area contributed by atoms with Gasteiger partial charge in [-0.2, -0.15) is 16.8 Å². The molecule has 12 nitrogen and oxygen atoms in total. The molecule has 226 valence electrons. The molecular formula is C26H44N6O6S2. The first-order chi connectivity index (χ1) is 18.9. The number of phenols is 2. The van der Waals surface area contributed by atoms with Crippen molar-refractivity contribution in [3.8, 4) is 11.5 Å². The van der Waals surface area contributed by atoms with Crippen molar-refractivity contribution in [2.24, 2.45) is 0 Å². The summed E-state index contributed by atoms with van der Waals surface area (Å²) in [6.45, 7) is 3.30. The summed E-state index contributed by atoms with van der Waals surface area (Å²) in [7, 11) is -1.93. The van der Waals surface area contributed by atoms with E-state index < -0.39 is 20.4 Å². The highest BCUT2D eigenvalue weighted by atomic mass is 32.2. The number of benzene rings is 2. The Bertz CT molecular complexity index is 1190. The van der Waals surface area contributed by atoms with E-state index in [4.69, 9.17) is 0 Å². The second kappa shape index (κ2) is 16.0. The molecule has 0 spiro atoms. The quantitative estimate of drug-likeness (QED) is 0.132. The maximum Gasteiger partial charge on any atom is 0.301 e. The molecule has 2 aromatic carbocycles. The Morgan fingerprint density at radius 3 is 1.35 bits per heavy atom. The summed E-state index contributed by atoms with van der Waals surface area (Å²) in [4.78, 5) is 0. The maximum atomic E-state index is 12.0. The van der Waals surface area contributed by atoms with Crippen LogP contribution in [0, 0.1) is 0 Å². The van der Waals surface area contributed by atoms with Gasteiger partial charge in [-0.25, -0.2) is 9.44 Å². The molecule has 2 rings (SSSR count). The number of rotatable bonds is 19. The van der Waals surface area contributed by atoms with Crippen LogP contribution in [0.15, 0.2) is 36.4 Å². The maximum absolute atomic E-state index is 12.0. The average Bonchev–Trinajstić information content (AvgIpc) is 2.94. The molecule has 0 aromatic heterocycles. The van der Waals surface area contributed by atoms with Gasteiger partial charge in [0.05, 0.1) is 11.4 Å². The van der Waals surface area contributed by atoms with E-state index >= 15 is 0 Å². The monoisotopic (exact) mass is 600 g/mol. The van der Waals surface area contributed by atoms with Crippen molar-refractivity contribution in [2.45, 2.75) is 38.5 Å². The molecule has 2 aromatic rings. The molecule has 0 fully saturated rings. The summed E-state index contributed by atoms with van der Waals surface area (Å²) in [6.07, 6.45) is 5.77. The summed E-state index contributed by atoms with van der Waals surface area (Å²) in [5.41, 5.74) is 2.34. The fraction of sp³-hybridized carbons (Fsp3) is 0.538. The molecule has 0 heterocycles. The van der Waals surface area contributed by atoms with Crippen molar-refractivity contribution in [1.82, 2.24) is 20.1 Å². The number of hydrogen-bond donors (Lipinski definition) is 6. The van der Waals surface area contributed by atoms with Gasteiger partial charge in [0.1, 0.15) is 11.5 Å². The molecule has 40 heavy (non-hydrogen) atoms. The minimum Gasteiger partial charge on any atom is -0.506 e. The van der Waals surface area contributed by atoms with Gasteiger partial charge in [-0.05, 0) is 87.3 Å². The number of nitrogens with one attached hydrogen (secondary N) is 4. The highest BCUT2D eigenvalue weighted by Crippen LogP contribution is 2.30. The van der Waals surface area contributed by atoms with E-state index in [1.807, 2.05) is 0 Å². The predicted octanol–water partition coefficient (Wildman–Crippen LogP) is 1.42. The molecule has 0 amide bonds. The van der Waals surface area contributed by atoms with E-state index in [1.54, 1.807) is 24.3 Å². The molecule has 0 saturated heterocycles. The van der Waals surface area contributed by atoms with Crippen LogP contribution in [-0.4, -0.2) is 81.4 Å². The lowest BCUT2D eigenvalue weighted by Gasteiger charge is -2.20. The van der Waals surface area contributed by atoms with Crippen LogP contribution in [0.5, 0.6) is 11.5 Å². The number of hydrogen-bond acceptors (Lipinski definition) is 8. The lowest BCUT2D eigenvalue weighted by atomic mass is 10.1. The molecule has 0 atom stereocenters. The van der Waals surface area contributed by atoms with Crippen molar-refractivity contribution < 1.29 is 27.0 Å². The van der Waals surface area contributed by atoms with Crippen molar-refractivity contribution in [3.63, 3.8) is 0 Å². The fourth-order valence-corrected chi connectivity index (χ4v) is 5.41. The van der Waals surface area contributed by atoms with Crippen LogP contribution in [0.4, 0.5) is 11.4 Å². The van der Waals surface area contributed by atoms with Crippen LogP contribution >= 0.6 is 0 Å². The Balaban J connectivity index is 1.59. The second-order valence-corrected chi connectivity index (χ2v) is 13.2. The molecule has 14 heteroatoms. The smallest absolute Gasteiger partial charge is 0.301 e. The Hall–Kier alpha value is -2.62. The number of phenolic OH excluding ortho intramolecular Hbond substituents is 2. The fourth-order valence-electron chi connectivity index (χ4n) is 4.06. The Kier molecular flexibility index (Phi) is 13.4. The van der Waals surface area contributed by atoms with Gasteiger partial charge in [-0.1, -0.05) is 25.0 Å². The molecule has 0 radical (unpaired) electrons. The zero-order valence-electron chi connectivity index (χ0n) is 23.8. The molecule has 6 N–H and O–H groups in total. The van der Waals surface area contributed by atoms with E-state index in [9.17, 15) is 27.0 Å². The van der Waals surface area contributed by atoms with Crippen LogP contribution in [0.1, 0.15) is 36.8 Å². The standard InChI is InChI=1S/C26H44N6O6S2/c1-27-39(35,36)31(3)23-19-21(9-11-25(23)33)13-17-29-15-7-5-6-8-16-30-18-14-22-10-12-26(34)24(20-22)32(4)40(37,38)28-2/h9-12,19-20,27-30,33-34H,5-8,13-18H2,1-4H3. The number of aromatic hydroxyl groups is 2. The zero-order chi connectivity index (χ0) is 29.8. The summed E-state index contributed by atoms with van der Waals surface area (Å²) < 4.78 is 54.6. The van der Waals surface area contributed by atoms with E-state index in [-0.39, 0.29) is 22.9 Å². The zero-order valence-corrected chi connectivity index (χ0v) is 25.4. The average molecular weight is 601 g/mol. The largest absolute Gasteiger partial charge is 0.506 e. The Morgan fingerprint density at radius 2 is 1.00 bits per heavy atom. The highest BCUT2D eigenvalue weighted by molar-refractivity contribution is 7.91. The van der Waals surface area contributed by atoms with Gasteiger partial charge in [-0.3, -0.25) is 8.61 Å². The molecule has 0 bridgehead atoms. The Morgan fingerprint density at radius 1 is 0.625 bits per heavy atom.